The van der Waals surface area contributed by atoms with Crippen molar-refractivity contribution >= 4 is 5.97 Å². The molecule has 0 bridgehead atoms. The number of likely N-dealkylation sites (tertiary alicyclic amines) is 1. The fourth-order valence-corrected chi connectivity index (χ4v) is 5.53. The molecule has 2 atom stereocenters. The van der Waals surface area contributed by atoms with Crippen molar-refractivity contribution in [3.63, 3.8) is 0 Å². The molecule has 0 spiro atoms. The Hall–Kier alpha value is -2.33. The van der Waals surface area contributed by atoms with E-state index in [0.29, 0.717) is 18.6 Å². The fourth-order valence-electron chi connectivity index (χ4n) is 5.53. The largest absolute Gasteiger partial charge is 0.494 e. The minimum atomic E-state index is -0.699. The summed E-state index contributed by atoms with van der Waals surface area (Å²) in [6, 6.07) is 19.6. The van der Waals surface area contributed by atoms with Crippen LogP contribution >= 0.6 is 0 Å². The highest BCUT2D eigenvalue weighted by Crippen LogP contribution is 2.52. The van der Waals surface area contributed by atoms with Gasteiger partial charge in [0.25, 0.3) is 0 Å². The van der Waals surface area contributed by atoms with E-state index in [1.807, 2.05) is 13.0 Å². The molecule has 1 aliphatic carbocycles. The van der Waals surface area contributed by atoms with Crippen molar-refractivity contribution in [2.24, 2.45) is 11.3 Å². The number of rotatable bonds is 11. The molecule has 2 fully saturated rings. The van der Waals surface area contributed by atoms with Gasteiger partial charge in [0.05, 0.1) is 13.0 Å². The van der Waals surface area contributed by atoms with Crippen LogP contribution < -0.4 is 4.74 Å². The van der Waals surface area contributed by atoms with E-state index in [0.717, 1.165) is 49.9 Å². The molecule has 0 aromatic heterocycles. The zero-order valence-electron chi connectivity index (χ0n) is 19.3. The van der Waals surface area contributed by atoms with Crippen molar-refractivity contribution in [2.75, 3.05) is 26.2 Å². The number of carboxylic acid groups (broad SMARTS) is 1. The van der Waals surface area contributed by atoms with Crippen molar-refractivity contribution in [1.29, 1.82) is 0 Å². The average Bonchev–Trinajstić information content (AvgIpc) is 3.58. The first-order valence-corrected chi connectivity index (χ1v) is 12.3. The Morgan fingerprint density at radius 2 is 1.91 bits per heavy atom. The lowest BCUT2D eigenvalue weighted by Crippen LogP contribution is -2.42. The molecule has 1 saturated heterocycles. The average molecular weight is 436 g/mol. The molecule has 4 nitrogen and oxygen atoms in total. The molecule has 172 valence electrons. The number of aliphatic carboxylic acids is 1. The molecule has 0 radical (unpaired) electrons. The Balaban J connectivity index is 1.40. The van der Waals surface area contributed by atoms with Gasteiger partial charge in [-0.3, -0.25) is 4.79 Å². The van der Waals surface area contributed by atoms with Gasteiger partial charge in [-0.2, -0.15) is 0 Å². The zero-order valence-corrected chi connectivity index (χ0v) is 19.3. The number of hydrogen-bond acceptors (Lipinski definition) is 3. The maximum absolute atomic E-state index is 11.0. The van der Waals surface area contributed by atoms with Gasteiger partial charge >= 0.3 is 5.97 Å². The third-order valence-electron chi connectivity index (χ3n) is 7.54. The van der Waals surface area contributed by atoms with Gasteiger partial charge in [-0.25, -0.2) is 0 Å². The van der Waals surface area contributed by atoms with Crippen LogP contribution in [-0.4, -0.2) is 42.2 Å². The second-order valence-electron chi connectivity index (χ2n) is 9.79. The molecule has 1 unspecified atom stereocenters. The zero-order chi connectivity index (χ0) is 22.4. The van der Waals surface area contributed by atoms with Crippen LogP contribution in [0.2, 0.25) is 0 Å². The molecule has 0 amide bonds. The highest BCUT2D eigenvalue weighted by Gasteiger charge is 2.41. The van der Waals surface area contributed by atoms with Crippen LogP contribution in [0.1, 0.15) is 62.5 Å². The number of benzene rings is 2. The van der Waals surface area contributed by atoms with Gasteiger partial charge in [0.15, 0.2) is 0 Å². The van der Waals surface area contributed by atoms with Gasteiger partial charge in [-0.05, 0) is 99.0 Å². The number of hydrogen-bond donors (Lipinski definition) is 1. The SMILES string of the molecule is CCOc1cccc(CC2(CC[C@@H]3CC3c3ccccc3)CCN(CCC(=O)O)CC2)c1. The Morgan fingerprint density at radius 1 is 1.12 bits per heavy atom. The Kier molecular flexibility index (Phi) is 7.51. The molecule has 2 aliphatic rings. The monoisotopic (exact) mass is 435 g/mol. The number of nitrogens with zero attached hydrogens (tertiary/aromatic N) is 1. The first-order chi connectivity index (χ1) is 15.6. The Labute approximate surface area is 192 Å². The highest BCUT2D eigenvalue weighted by atomic mass is 16.5. The van der Waals surface area contributed by atoms with Gasteiger partial charge < -0.3 is 14.7 Å². The van der Waals surface area contributed by atoms with Crippen molar-refractivity contribution in [3.8, 4) is 5.75 Å². The van der Waals surface area contributed by atoms with E-state index >= 15 is 0 Å². The van der Waals surface area contributed by atoms with E-state index in [1.165, 1.54) is 30.4 Å². The van der Waals surface area contributed by atoms with Gasteiger partial charge in [0.1, 0.15) is 5.75 Å². The predicted molar refractivity (Wildman–Crippen MR) is 128 cm³/mol. The van der Waals surface area contributed by atoms with Crippen LogP contribution in [0.3, 0.4) is 0 Å². The second-order valence-corrected chi connectivity index (χ2v) is 9.79. The summed E-state index contributed by atoms with van der Waals surface area (Å²) in [4.78, 5) is 13.3. The lowest BCUT2D eigenvalue weighted by Gasteiger charge is -2.42. The summed E-state index contributed by atoms with van der Waals surface area (Å²) in [6.07, 6.45) is 7.49. The maximum atomic E-state index is 11.0. The highest BCUT2D eigenvalue weighted by molar-refractivity contribution is 5.66. The third kappa shape index (κ3) is 6.13. The smallest absolute Gasteiger partial charge is 0.304 e. The minimum Gasteiger partial charge on any atom is -0.494 e. The van der Waals surface area contributed by atoms with Crippen LogP contribution in [0.15, 0.2) is 54.6 Å². The summed E-state index contributed by atoms with van der Waals surface area (Å²) in [5.74, 6) is 1.82. The molecule has 4 rings (SSSR count). The second kappa shape index (κ2) is 10.5. The van der Waals surface area contributed by atoms with E-state index in [9.17, 15) is 4.79 Å². The lowest BCUT2D eigenvalue weighted by atomic mass is 9.70. The first-order valence-electron chi connectivity index (χ1n) is 12.3. The Bertz CT molecular complexity index is 873. The number of carbonyl (C=O) groups is 1. The molecule has 1 aliphatic heterocycles. The van der Waals surface area contributed by atoms with Crippen molar-refractivity contribution in [3.05, 3.63) is 65.7 Å². The summed E-state index contributed by atoms with van der Waals surface area (Å²) >= 11 is 0. The van der Waals surface area contributed by atoms with Gasteiger partial charge in [0.2, 0.25) is 0 Å². The maximum Gasteiger partial charge on any atom is 0.304 e. The van der Waals surface area contributed by atoms with Gasteiger partial charge in [0, 0.05) is 6.54 Å². The standard InChI is InChI=1S/C28H37NO3/c1-2-32-25-10-6-7-22(19-25)21-28(14-17-29(18-15-28)16-12-27(30)31)13-11-24-20-26(24)23-8-4-3-5-9-23/h3-10,19,24,26H,2,11-18,20-21H2,1H3,(H,30,31)/t24-,26?/m1/s1. The molecule has 32 heavy (non-hydrogen) atoms. The summed E-state index contributed by atoms with van der Waals surface area (Å²) in [5.41, 5.74) is 3.17. The predicted octanol–water partition coefficient (Wildman–Crippen LogP) is 5.77. The van der Waals surface area contributed by atoms with Crippen LogP contribution in [0.5, 0.6) is 5.75 Å². The molecule has 2 aromatic carbocycles. The number of ether oxygens (including phenoxy) is 1. The van der Waals surface area contributed by atoms with E-state index in [4.69, 9.17) is 9.84 Å². The van der Waals surface area contributed by atoms with Crippen molar-refractivity contribution in [2.45, 2.75) is 57.8 Å². The molecule has 4 heteroatoms. The van der Waals surface area contributed by atoms with Gasteiger partial charge in [-0.15, -0.1) is 0 Å². The molecular formula is C28H37NO3. The molecule has 1 N–H and O–H groups in total. The minimum absolute atomic E-state index is 0.240. The normalized spacial score (nSPS) is 22.4. The van der Waals surface area contributed by atoms with Gasteiger partial charge in [-0.1, -0.05) is 42.5 Å². The van der Waals surface area contributed by atoms with E-state index < -0.39 is 5.97 Å². The summed E-state index contributed by atoms with van der Waals surface area (Å²) in [5, 5.41) is 9.04. The van der Waals surface area contributed by atoms with Crippen molar-refractivity contribution in [1.82, 2.24) is 4.90 Å². The fraction of sp³-hybridized carbons (Fsp3) is 0.536. The molecule has 2 aromatic rings. The summed E-state index contributed by atoms with van der Waals surface area (Å²) < 4.78 is 5.75. The van der Waals surface area contributed by atoms with E-state index in [-0.39, 0.29) is 6.42 Å². The number of carboxylic acids is 1. The molecule has 1 saturated carbocycles. The summed E-state index contributed by atoms with van der Waals surface area (Å²) in [7, 11) is 0. The Morgan fingerprint density at radius 3 is 2.62 bits per heavy atom. The number of piperidine rings is 1. The first kappa shape index (κ1) is 22.8. The third-order valence-corrected chi connectivity index (χ3v) is 7.54. The molecule has 1 heterocycles. The van der Waals surface area contributed by atoms with Crippen LogP contribution in [-0.2, 0) is 11.2 Å². The quantitative estimate of drug-likeness (QED) is 0.487. The summed E-state index contributed by atoms with van der Waals surface area (Å²) in [6.45, 7) is 5.40. The topological polar surface area (TPSA) is 49.8 Å². The lowest BCUT2D eigenvalue weighted by molar-refractivity contribution is -0.137. The van der Waals surface area contributed by atoms with Crippen molar-refractivity contribution < 1.29 is 14.6 Å². The molecular weight excluding hydrogens is 398 g/mol. The van der Waals surface area contributed by atoms with Crippen LogP contribution in [0.4, 0.5) is 0 Å². The van der Waals surface area contributed by atoms with E-state index in [1.54, 1.807) is 0 Å². The van der Waals surface area contributed by atoms with Crippen LogP contribution in [0.25, 0.3) is 0 Å². The van der Waals surface area contributed by atoms with Crippen LogP contribution in [0, 0.1) is 11.3 Å². The van der Waals surface area contributed by atoms with E-state index in [2.05, 4.69) is 53.4 Å².